The molecule has 1 aromatic heterocycles. The molecule has 1 aliphatic carbocycles. The van der Waals surface area contributed by atoms with Gasteiger partial charge in [0, 0.05) is 24.6 Å². The Morgan fingerprint density at radius 3 is 2.32 bits per heavy atom. The van der Waals surface area contributed by atoms with Crippen LogP contribution in [0.1, 0.15) is 56.7 Å². The number of pyridine rings is 1. The quantitative estimate of drug-likeness (QED) is 0.236. The maximum atomic E-state index is 13.0. The van der Waals surface area contributed by atoms with Crippen molar-refractivity contribution in [3.8, 4) is 11.3 Å². The van der Waals surface area contributed by atoms with Gasteiger partial charge in [0.25, 0.3) is 0 Å². The molecular weight excluding hydrogens is 419 g/mol. The van der Waals surface area contributed by atoms with E-state index in [9.17, 15) is 4.39 Å². The van der Waals surface area contributed by atoms with Crippen LogP contribution >= 0.6 is 0 Å². The largest absolute Gasteiger partial charge is 0.282 e. The summed E-state index contributed by atoms with van der Waals surface area (Å²) in [6.45, 7) is 12.7. The van der Waals surface area contributed by atoms with Crippen molar-refractivity contribution < 1.29 is 8.96 Å². The first-order valence-corrected chi connectivity index (χ1v) is 12.2. The molecule has 0 atom stereocenters. The molecule has 3 rings (SSSR count). The van der Waals surface area contributed by atoms with Crippen molar-refractivity contribution in [3.63, 3.8) is 0 Å². The Balaban J connectivity index is 0.000000241. The van der Waals surface area contributed by atoms with Gasteiger partial charge in [0.1, 0.15) is 12.9 Å². The van der Waals surface area contributed by atoms with Gasteiger partial charge in [-0.1, -0.05) is 48.9 Å². The van der Waals surface area contributed by atoms with E-state index in [2.05, 4.69) is 101 Å². The Morgan fingerprint density at radius 2 is 1.76 bits per heavy atom. The molecule has 1 aliphatic rings. The maximum absolute atomic E-state index is 13.0. The van der Waals surface area contributed by atoms with Crippen molar-refractivity contribution in [1.82, 2.24) is 0 Å². The van der Waals surface area contributed by atoms with Gasteiger partial charge in [0.05, 0.1) is 11.3 Å². The molecule has 0 saturated heterocycles. The minimum atomic E-state index is -0.0440. The average Bonchev–Trinajstić information content (AvgIpc) is 2.77. The summed E-state index contributed by atoms with van der Waals surface area (Å²) in [5, 5.41) is 0. The lowest BCUT2D eigenvalue weighted by atomic mass is 9.97. The van der Waals surface area contributed by atoms with E-state index in [4.69, 9.17) is 0 Å². The van der Waals surface area contributed by atoms with Gasteiger partial charge in [0.2, 0.25) is 5.69 Å². The molecule has 1 aromatic carbocycles. The molecule has 180 valence electrons. The van der Waals surface area contributed by atoms with Gasteiger partial charge >= 0.3 is 0 Å². The Kier molecular flexibility index (Phi) is 10.9. The van der Waals surface area contributed by atoms with Crippen LogP contribution < -0.4 is 4.57 Å². The third-order valence-electron chi connectivity index (χ3n) is 5.55. The number of hydrogen-bond donors (Lipinski definition) is 0. The number of allylic oxidation sites excluding steroid dienone is 8. The standard InChI is InChI=1S/C16H22FN.C15H18N/c1-4-5-6-7-8-16(18-13(2)3)14-9-11-15(17)12-10-14;1-11-9-12(2)15(13(3)10-11)14-7-5-6-8-16(14)4/h5-9,11,13H,4,10,12H2,1-3H3;5-10H,1-4H3/q;+1/b6-5-,8-7-,18-16?;. The van der Waals surface area contributed by atoms with Crippen LogP contribution in [-0.2, 0) is 7.05 Å². The number of benzene rings is 1. The first-order valence-electron chi connectivity index (χ1n) is 12.2. The topological polar surface area (TPSA) is 16.2 Å². The molecule has 0 radical (unpaired) electrons. The molecule has 1 heterocycles. The fourth-order valence-corrected chi connectivity index (χ4v) is 4.06. The third-order valence-corrected chi connectivity index (χ3v) is 5.55. The Bertz CT molecular complexity index is 1090. The summed E-state index contributed by atoms with van der Waals surface area (Å²) in [7, 11) is 2.09. The molecule has 2 nitrogen and oxygen atoms in total. The summed E-state index contributed by atoms with van der Waals surface area (Å²) < 4.78 is 15.2. The average molecular weight is 460 g/mol. The van der Waals surface area contributed by atoms with Crippen molar-refractivity contribution in [2.45, 2.75) is 66.8 Å². The number of aliphatic imine (C=N–C) groups is 1. The minimum Gasteiger partial charge on any atom is -0.282 e. The lowest BCUT2D eigenvalue weighted by molar-refractivity contribution is -0.660. The van der Waals surface area contributed by atoms with Crippen LogP contribution in [0, 0.1) is 20.8 Å². The van der Waals surface area contributed by atoms with Gasteiger partial charge in [-0.15, -0.1) is 0 Å². The summed E-state index contributed by atoms with van der Waals surface area (Å²) in [6.07, 6.45) is 15.9. The summed E-state index contributed by atoms with van der Waals surface area (Å²) in [4.78, 5) is 4.60. The van der Waals surface area contributed by atoms with E-state index in [1.807, 2.05) is 24.3 Å². The molecule has 0 N–H and O–H groups in total. The molecule has 34 heavy (non-hydrogen) atoms. The van der Waals surface area contributed by atoms with Crippen molar-refractivity contribution in [2.24, 2.45) is 12.0 Å². The summed E-state index contributed by atoms with van der Waals surface area (Å²) in [6, 6.07) is 11.1. The molecule has 0 unspecified atom stereocenters. The molecule has 0 bridgehead atoms. The van der Waals surface area contributed by atoms with Crippen LogP contribution in [0.3, 0.4) is 0 Å². The van der Waals surface area contributed by atoms with Crippen molar-refractivity contribution >= 4 is 5.71 Å². The van der Waals surface area contributed by atoms with E-state index in [0.29, 0.717) is 6.42 Å². The molecule has 0 spiro atoms. The van der Waals surface area contributed by atoms with Crippen molar-refractivity contribution in [2.75, 3.05) is 0 Å². The Morgan fingerprint density at radius 1 is 1.06 bits per heavy atom. The van der Waals surface area contributed by atoms with Crippen LogP contribution in [0.15, 0.2) is 89.4 Å². The van der Waals surface area contributed by atoms with Gasteiger partial charge in [-0.2, -0.15) is 0 Å². The normalized spacial score (nSPS) is 14.3. The van der Waals surface area contributed by atoms with Crippen LogP contribution in [0.4, 0.5) is 4.39 Å². The molecule has 0 fully saturated rings. The van der Waals surface area contributed by atoms with E-state index in [-0.39, 0.29) is 11.9 Å². The highest BCUT2D eigenvalue weighted by Crippen LogP contribution is 2.25. The number of aryl methyl sites for hydroxylation is 4. The molecule has 0 amide bonds. The zero-order valence-electron chi connectivity index (χ0n) is 21.9. The van der Waals surface area contributed by atoms with Crippen molar-refractivity contribution in [1.29, 1.82) is 0 Å². The number of rotatable bonds is 6. The second-order valence-electron chi connectivity index (χ2n) is 9.08. The second-order valence-corrected chi connectivity index (χ2v) is 9.08. The van der Waals surface area contributed by atoms with E-state index in [1.165, 1.54) is 27.9 Å². The van der Waals surface area contributed by atoms with Crippen LogP contribution in [0.5, 0.6) is 0 Å². The Labute approximate surface area is 206 Å². The van der Waals surface area contributed by atoms with Gasteiger partial charge in [-0.3, -0.25) is 4.99 Å². The molecular formula is C31H40FN2+. The van der Waals surface area contributed by atoms with Gasteiger partial charge in [-0.25, -0.2) is 8.96 Å². The van der Waals surface area contributed by atoms with Crippen LogP contribution in [0.25, 0.3) is 11.3 Å². The highest BCUT2D eigenvalue weighted by atomic mass is 19.1. The maximum Gasteiger partial charge on any atom is 0.212 e. The van der Waals surface area contributed by atoms with Gasteiger partial charge in [-0.05, 0) is 82.4 Å². The number of halogens is 1. The molecule has 0 saturated carbocycles. The molecule has 0 aliphatic heterocycles. The fourth-order valence-electron chi connectivity index (χ4n) is 4.06. The second kappa shape index (κ2) is 13.6. The van der Waals surface area contributed by atoms with E-state index < -0.39 is 0 Å². The highest BCUT2D eigenvalue weighted by Gasteiger charge is 2.14. The van der Waals surface area contributed by atoms with Crippen LogP contribution in [0.2, 0.25) is 0 Å². The Hall–Kier alpha value is -3.07. The van der Waals surface area contributed by atoms with Crippen LogP contribution in [-0.4, -0.2) is 11.8 Å². The first-order chi connectivity index (χ1) is 16.2. The summed E-state index contributed by atoms with van der Waals surface area (Å²) >= 11 is 0. The lowest BCUT2D eigenvalue weighted by Gasteiger charge is -2.11. The highest BCUT2D eigenvalue weighted by molar-refractivity contribution is 6.09. The van der Waals surface area contributed by atoms with Gasteiger partial charge in [0.15, 0.2) is 6.20 Å². The summed E-state index contributed by atoms with van der Waals surface area (Å²) in [5.41, 5.74) is 8.74. The minimum absolute atomic E-state index is 0.0440. The predicted molar refractivity (Wildman–Crippen MR) is 145 cm³/mol. The number of aromatic nitrogens is 1. The predicted octanol–water partition coefficient (Wildman–Crippen LogP) is 8.04. The van der Waals surface area contributed by atoms with E-state index >= 15 is 0 Å². The monoisotopic (exact) mass is 459 g/mol. The smallest absolute Gasteiger partial charge is 0.212 e. The molecule has 2 aromatic rings. The van der Waals surface area contributed by atoms with Crippen molar-refractivity contribution in [3.05, 3.63) is 101 Å². The van der Waals surface area contributed by atoms with Gasteiger partial charge < -0.3 is 0 Å². The zero-order chi connectivity index (χ0) is 25.1. The van der Waals surface area contributed by atoms with E-state index in [1.54, 1.807) is 6.08 Å². The fraction of sp³-hybridized carbons (Fsp3) is 0.355. The SMILES string of the molecule is CC/C=C\C=C/C(=NC(C)C)C1=CC=C(F)CC1.Cc1cc(C)c(-c2cccc[n+]2C)c(C)c1. The number of nitrogens with zero attached hydrogens (tertiary/aromatic N) is 2. The lowest BCUT2D eigenvalue weighted by Crippen LogP contribution is -2.30. The first kappa shape index (κ1) is 27.2. The van der Waals surface area contributed by atoms with E-state index in [0.717, 1.165) is 24.1 Å². The molecule has 3 heteroatoms. The summed E-state index contributed by atoms with van der Waals surface area (Å²) in [5.74, 6) is -0.0440. The zero-order valence-corrected chi connectivity index (χ0v) is 21.9. The third kappa shape index (κ3) is 8.37. The number of hydrogen-bond acceptors (Lipinski definition) is 1.